The van der Waals surface area contributed by atoms with Gasteiger partial charge in [0.25, 0.3) is 0 Å². The molecule has 1 aromatic rings. The second-order valence-electron chi connectivity index (χ2n) is 30.0. The Labute approximate surface area is 689 Å². The Morgan fingerprint density at radius 2 is 0.754 bits per heavy atom. The average Bonchev–Trinajstić information content (AvgIpc) is 0.861. The Morgan fingerprint density at radius 3 is 1.17 bits per heavy atom. The zero-order chi connectivity index (χ0) is 89.0. The Morgan fingerprint density at radius 1 is 0.364 bits per heavy atom. The number of aliphatic imine (C=N–C) groups is 2. The van der Waals surface area contributed by atoms with Crippen molar-refractivity contribution in [3.63, 3.8) is 0 Å². The van der Waals surface area contributed by atoms with E-state index in [4.69, 9.17) is 28.7 Å². The van der Waals surface area contributed by atoms with Crippen molar-refractivity contribution in [3.8, 4) is 0 Å². The lowest BCUT2D eigenvalue weighted by atomic mass is 9.97. The van der Waals surface area contributed by atoms with Crippen LogP contribution >= 0.6 is 0 Å². The highest BCUT2D eigenvalue weighted by Crippen LogP contribution is 2.17. The molecule has 0 spiro atoms. The molecule has 0 aliphatic carbocycles. The lowest BCUT2D eigenvalue weighted by molar-refractivity contribution is -0.143. The number of nitrogens with one attached hydrogen (secondary N) is 12. The van der Waals surface area contributed by atoms with Gasteiger partial charge in [0, 0.05) is 45.2 Å². The monoisotopic (exact) mass is 1670 g/mol. The minimum absolute atomic E-state index is 0.0104. The van der Waals surface area contributed by atoms with Gasteiger partial charge in [-0.1, -0.05) is 162 Å². The zero-order valence-electron chi connectivity index (χ0n) is 69.4. The van der Waals surface area contributed by atoms with Crippen LogP contribution in [0, 0.1) is 17.8 Å². The van der Waals surface area contributed by atoms with Crippen LogP contribution in [-0.4, -0.2) is 219 Å². The summed E-state index contributed by atoms with van der Waals surface area (Å²) in [6, 6.07) is -9.34. The molecule has 0 aromatic heterocycles. The van der Waals surface area contributed by atoms with Crippen LogP contribution in [0.1, 0.15) is 234 Å². The lowest BCUT2D eigenvalue weighted by Gasteiger charge is -2.29. The fraction of sp³-hybridized carbons (Fsp3) is 0.679. The number of nitrogens with two attached hydrogens (primary N) is 5. The number of benzene rings is 1. The number of carbonyl (C=O) groups excluding carboxylic acids is 13. The standard InChI is InChI=1S/C78H131N19O21/c1-9-12-13-14-15-16-17-18-19-20-21-25-32-59(99)96-65(47(7)11-3)75(116)87-48(8)66(107)89-52(33-36-58(79)98)68(109)92-53(34-37-61(101)102)69(110)94-55(41-45(4)5)72(113)91-50(30-26-39-84-77(80)81)67(108)90-51(31-27-40-85-78(82)83)71(112)97-64(46(6)10-2)74(115)86-44-60(100)88-56(43-63(105)106)73(114)93-54(35-38-62(103)104)70(111)95-57(76(117)118)42-49-28-23-22-24-29-49/h22-24,28-29,45-48,50-57,64-65H,9-21,25-27,30-44H2,1-8H3,(H2,79,98)(H,86,115)(H,87,116)(H,88,100)(H,89,107)(H,90,108)(H,91,113)(H,92,109)(H,93,114)(H,94,110)(H,95,111)(H,96,99)(H,97,112)(H,101,102)(H,103,104)(H,105,106)(H,117,118)(H4,80,81,84)(H4,82,83,85)/t46-,47-,48-,50-,51-,52-,53-,54-,55-,56-,57-,64-,65-/m0/s1. The molecule has 0 unspecified atom stereocenters. The minimum Gasteiger partial charge on any atom is -0.481 e. The van der Waals surface area contributed by atoms with Crippen LogP contribution in [0.3, 0.4) is 0 Å². The van der Waals surface area contributed by atoms with E-state index >= 15 is 0 Å². The number of rotatable bonds is 64. The van der Waals surface area contributed by atoms with Crippen LogP contribution in [0.15, 0.2) is 40.3 Å². The fourth-order valence-electron chi connectivity index (χ4n) is 12.2. The van der Waals surface area contributed by atoms with Gasteiger partial charge >= 0.3 is 23.9 Å². The summed E-state index contributed by atoms with van der Waals surface area (Å²) in [5, 5.41) is 68.4. The Bertz CT molecular complexity index is 3490. The molecule has 0 heterocycles. The van der Waals surface area contributed by atoms with Gasteiger partial charge in [0.2, 0.25) is 76.8 Å². The molecule has 0 saturated heterocycles. The van der Waals surface area contributed by atoms with Gasteiger partial charge in [-0.2, -0.15) is 0 Å². The molecule has 0 bridgehead atoms. The number of amides is 13. The van der Waals surface area contributed by atoms with Crippen molar-refractivity contribution in [3.05, 3.63) is 35.9 Å². The third-order valence-corrected chi connectivity index (χ3v) is 19.3. The van der Waals surface area contributed by atoms with Gasteiger partial charge in [0.05, 0.1) is 13.0 Å². The number of aliphatic carboxylic acids is 4. The number of hydrogen-bond acceptors (Lipinski definition) is 19. The van der Waals surface area contributed by atoms with E-state index in [1.165, 1.54) is 51.9 Å². The van der Waals surface area contributed by atoms with Crippen LogP contribution in [0.4, 0.5) is 0 Å². The third-order valence-electron chi connectivity index (χ3n) is 19.3. The van der Waals surface area contributed by atoms with Gasteiger partial charge in [-0.3, -0.25) is 86.7 Å². The minimum atomic E-state index is -1.99. The predicted octanol–water partition coefficient (Wildman–Crippen LogP) is -0.411. The smallest absolute Gasteiger partial charge is 0.326 e. The van der Waals surface area contributed by atoms with E-state index in [2.05, 4.69) is 80.7 Å². The second kappa shape index (κ2) is 58.6. The number of carboxylic acids is 4. The van der Waals surface area contributed by atoms with Gasteiger partial charge in [-0.15, -0.1) is 0 Å². The summed E-state index contributed by atoms with van der Waals surface area (Å²) >= 11 is 0. The summed E-state index contributed by atoms with van der Waals surface area (Å²) in [6.45, 7) is 12.4. The highest BCUT2D eigenvalue weighted by molar-refractivity contribution is 6.00. The van der Waals surface area contributed by atoms with E-state index in [0.29, 0.717) is 18.4 Å². The Kier molecular flexibility index (Phi) is 52.0. The number of carbonyl (C=O) groups is 17. The van der Waals surface area contributed by atoms with Gasteiger partial charge in [-0.25, -0.2) is 4.79 Å². The normalized spacial score (nSPS) is 14.3. The first-order chi connectivity index (χ1) is 55.7. The quantitative estimate of drug-likeness (QED) is 0.0224. The molecular formula is C78H131N19O21. The number of carboxylic acid groups (broad SMARTS) is 4. The molecule has 664 valence electrons. The fourth-order valence-corrected chi connectivity index (χ4v) is 12.2. The van der Waals surface area contributed by atoms with Crippen molar-refractivity contribution in [2.45, 2.75) is 302 Å². The molecule has 0 aliphatic heterocycles. The topological polar surface area (TPSA) is 670 Å². The molecule has 40 nitrogen and oxygen atoms in total. The van der Waals surface area contributed by atoms with Gasteiger partial charge in [-0.05, 0) is 88.0 Å². The van der Waals surface area contributed by atoms with E-state index < -0.39 is 225 Å². The molecule has 1 rings (SSSR count). The average molecular weight is 1670 g/mol. The molecule has 0 aliphatic rings. The second-order valence-corrected chi connectivity index (χ2v) is 30.0. The molecule has 0 saturated carbocycles. The van der Waals surface area contributed by atoms with E-state index in [1.54, 1.807) is 65.0 Å². The number of nitrogens with zero attached hydrogens (tertiary/aromatic N) is 2. The van der Waals surface area contributed by atoms with Crippen LogP contribution in [0.5, 0.6) is 0 Å². The molecule has 1 aromatic carbocycles. The number of unbranched alkanes of at least 4 members (excludes halogenated alkanes) is 11. The summed E-state index contributed by atoms with van der Waals surface area (Å²) in [7, 11) is 0. The van der Waals surface area contributed by atoms with Crippen LogP contribution in [-0.2, 0) is 87.9 Å². The van der Waals surface area contributed by atoms with E-state index in [0.717, 1.165) is 25.7 Å². The molecule has 40 heteroatoms. The summed E-state index contributed by atoms with van der Waals surface area (Å²) in [5.41, 5.74) is 28.3. The van der Waals surface area contributed by atoms with Gasteiger partial charge < -0.3 is 113 Å². The maximum atomic E-state index is 14.7. The first-order valence-electron chi connectivity index (χ1n) is 40.6. The maximum absolute atomic E-state index is 14.7. The van der Waals surface area contributed by atoms with Crippen molar-refractivity contribution in [2.75, 3.05) is 19.6 Å². The van der Waals surface area contributed by atoms with E-state index in [1.807, 2.05) is 6.92 Å². The SMILES string of the molecule is CCCCCCCCCCCCCCC(=O)N[C@H](C(=O)N[C@@H](C)C(=O)N[C@@H](CCC(N)=O)C(=O)N[C@@H](CCC(=O)O)C(=O)N[C@@H](CC(C)C)C(=O)N[C@@H](CCCN=C(N)N)C(=O)N[C@@H](CCCN=C(N)N)C(=O)N[C@H](C(=O)NCC(=O)N[C@@H](CC(=O)O)C(=O)N[C@@H](CCC(=O)O)C(=O)N[C@@H](Cc1ccccc1)C(=O)O)[C@@H](C)CC)[C@@H](C)CC. The molecule has 13 atom stereocenters. The van der Waals surface area contributed by atoms with E-state index in [-0.39, 0.29) is 88.2 Å². The molecule has 0 fully saturated rings. The largest absolute Gasteiger partial charge is 0.481 e. The molecule has 13 amide bonds. The van der Waals surface area contributed by atoms with E-state index in [9.17, 15) is 102 Å². The summed E-state index contributed by atoms with van der Waals surface area (Å²) in [5.74, 6) is -21.0. The predicted molar refractivity (Wildman–Crippen MR) is 436 cm³/mol. The summed E-state index contributed by atoms with van der Waals surface area (Å²) in [6.07, 6.45) is 8.36. The highest BCUT2D eigenvalue weighted by atomic mass is 16.4. The third kappa shape index (κ3) is 45.9. The number of hydrogen-bond donors (Lipinski definition) is 21. The number of primary amides is 1. The van der Waals surface area contributed by atoms with Gasteiger partial charge in [0.1, 0.15) is 66.5 Å². The Hall–Kier alpha value is -11.3. The molecular weight excluding hydrogens is 1540 g/mol. The molecule has 0 radical (unpaired) electrons. The zero-order valence-corrected chi connectivity index (χ0v) is 69.4. The first kappa shape index (κ1) is 105. The summed E-state index contributed by atoms with van der Waals surface area (Å²) < 4.78 is 0. The van der Waals surface area contributed by atoms with Crippen molar-refractivity contribution < 1.29 is 102 Å². The van der Waals surface area contributed by atoms with Crippen molar-refractivity contribution in [1.82, 2.24) is 63.8 Å². The molecule has 26 N–H and O–H groups in total. The van der Waals surface area contributed by atoms with Crippen molar-refractivity contribution >= 4 is 113 Å². The van der Waals surface area contributed by atoms with Crippen LogP contribution in [0.2, 0.25) is 0 Å². The Balaban J connectivity index is 3.58. The first-order valence-corrected chi connectivity index (χ1v) is 40.6. The highest BCUT2D eigenvalue weighted by Gasteiger charge is 2.38. The lowest BCUT2D eigenvalue weighted by Crippen LogP contribution is -2.60. The van der Waals surface area contributed by atoms with Crippen LogP contribution < -0.4 is 92.5 Å². The molecule has 118 heavy (non-hydrogen) atoms. The van der Waals surface area contributed by atoms with Crippen molar-refractivity contribution in [1.29, 1.82) is 0 Å². The summed E-state index contributed by atoms with van der Waals surface area (Å²) in [4.78, 5) is 236. The van der Waals surface area contributed by atoms with Crippen molar-refractivity contribution in [2.24, 2.45) is 56.4 Å². The maximum Gasteiger partial charge on any atom is 0.326 e. The van der Waals surface area contributed by atoms with Gasteiger partial charge in [0.15, 0.2) is 11.9 Å². The van der Waals surface area contributed by atoms with Crippen LogP contribution in [0.25, 0.3) is 0 Å². The number of guanidine groups is 2.